The number of nitrogens with zero attached hydrogens (tertiary/aromatic N) is 1. The molecule has 0 bridgehead atoms. The summed E-state index contributed by atoms with van der Waals surface area (Å²) in [7, 11) is 3.03. The van der Waals surface area contributed by atoms with Crippen molar-refractivity contribution in [2.75, 3.05) is 25.8 Å². The number of rotatable bonds is 6. The van der Waals surface area contributed by atoms with Crippen molar-refractivity contribution in [3.63, 3.8) is 0 Å². The van der Waals surface area contributed by atoms with Crippen molar-refractivity contribution in [1.82, 2.24) is 5.43 Å². The van der Waals surface area contributed by atoms with E-state index < -0.39 is 17.8 Å². The predicted octanol–water partition coefficient (Wildman–Crippen LogP) is 2.34. The Balaban J connectivity index is 1.84. The second-order valence-corrected chi connectivity index (χ2v) is 6.02. The predicted molar refractivity (Wildman–Crippen MR) is 106 cm³/mol. The molecule has 1 aliphatic heterocycles. The van der Waals surface area contributed by atoms with Gasteiger partial charge in [0, 0.05) is 0 Å². The van der Waals surface area contributed by atoms with Gasteiger partial charge in [-0.3, -0.25) is 15.0 Å². The number of carbonyl (C=O) groups excluding carboxylic acids is 3. The van der Waals surface area contributed by atoms with E-state index in [9.17, 15) is 14.4 Å². The van der Waals surface area contributed by atoms with Crippen LogP contribution in [0.2, 0.25) is 0 Å². The summed E-state index contributed by atoms with van der Waals surface area (Å²) < 4.78 is 15.4. The number of hydrazine groups is 1. The normalized spacial score (nSPS) is 14.7. The zero-order valence-corrected chi connectivity index (χ0v) is 16.2. The highest BCUT2D eigenvalue weighted by atomic mass is 16.5. The fourth-order valence-electron chi connectivity index (χ4n) is 2.81. The standard InChI is InChI=1S/C21H20N2O6/c1-4-29-21(26)14-6-8-15(9-7-14)23-20(25)16(19(24)22-23)11-13-5-10-17(27-2)18(12-13)28-3/h5-12H,4H2,1-3H3,(H,22,24). The maximum Gasteiger partial charge on any atom is 0.338 e. The van der Waals surface area contributed by atoms with Crippen LogP contribution in [0.4, 0.5) is 5.69 Å². The molecule has 2 aromatic carbocycles. The summed E-state index contributed by atoms with van der Waals surface area (Å²) in [4.78, 5) is 36.8. The van der Waals surface area contributed by atoms with E-state index in [0.717, 1.165) is 5.01 Å². The first-order valence-electron chi connectivity index (χ1n) is 8.84. The van der Waals surface area contributed by atoms with E-state index in [-0.39, 0.29) is 12.2 Å². The molecule has 1 heterocycles. The van der Waals surface area contributed by atoms with Gasteiger partial charge in [-0.15, -0.1) is 0 Å². The molecule has 0 aromatic heterocycles. The summed E-state index contributed by atoms with van der Waals surface area (Å²) in [6, 6.07) is 11.3. The minimum atomic E-state index is -0.528. The first-order valence-corrected chi connectivity index (χ1v) is 8.84. The van der Waals surface area contributed by atoms with Gasteiger partial charge in [0.25, 0.3) is 11.8 Å². The number of methoxy groups -OCH3 is 2. The highest BCUT2D eigenvalue weighted by molar-refractivity contribution is 6.31. The molecule has 1 aliphatic rings. The minimum Gasteiger partial charge on any atom is -0.493 e. The lowest BCUT2D eigenvalue weighted by atomic mass is 10.1. The van der Waals surface area contributed by atoms with Gasteiger partial charge in [-0.25, -0.2) is 9.80 Å². The van der Waals surface area contributed by atoms with Crippen molar-refractivity contribution in [3.8, 4) is 11.5 Å². The minimum absolute atomic E-state index is 0.0216. The molecule has 1 saturated heterocycles. The second-order valence-electron chi connectivity index (χ2n) is 6.02. The van der Waals surface area contributed by atoms with Gasteiger partial charge in [0.15, 0.2) is 11.5 Å². The molecule has 8 nitrogen and oxygen atoms in total. The molecule has 2 aromatic rings. The molecular weight excluding hydrogens is 376 g/mol. The van der Waals surface area contributed by atoms with Gasteiger partial charge in [-0.1, -0.05) is 6.07 Å². The molecule has 3 rings (SSSR count). The van der Waals surface area contributed by atoms with Crippen LogP contribution in [0.1, 0.15) is 22.8 Å². The summed E-state index contributed by atoms with van der Waals surface area (Å²) in [6.45, 7) is 1.99. The molecule has 0 atom stereocenters. The first-order chi connectivity index (χ1) is 14.0. The number of benzene rings is 2. The van der Waals surface area contributed by atoms with Crippen LogP contribution in [-0.2, 0) is 14.3 Å². The number of hydrogen-bond acceptors (Lipinski definition) is 6. The van der Waals surface area contributed by atoms with E-state index in [1.165, 1.54) is 32.4 Å². The SMILES string of the molecule is CCOC(=O)c1ccc(N2NC(=O)C(=Cc3ccc(OC)c(OC)c3)C2=O)cc1. The average molecular weight is 396 g/mol. The summed E-state index contributed by atoms with van der Waals surface area (Å²) >= 11 is 0. The first kappa shape index (κ1) is 19.9. The van der Waals surface area contributed by atoms with E-state index in [4.69, 9.17) is 14.2 Å². The number of ether oxygens (including phenoxy) is 3. The van der Waals surface area contributed by atoms with Crippen molar-refractivity contribution >= 4 is 29.5 Å². The zero-order valence-electron chi connectivity index (χ0n) is 16.2. The molecule has 0 spiro atoms. The smallest absolute Gasteiger partial charge is 0.338 e. The van der Waals surface area contributed by atoms with Crippen molar-refractivity contribution < 1.29 is 28.6 Å². The van der Waals surface area contributed by atoms with E-state index in [1.54, 1.807) is 37.3 Å². The third kappa shape index (κ3) is 4.06. The van der Waals surface area contributed by atoms with E-state index >= 15 is 0 Å². The second kappa shape index (κ2) is 8.47. The Bertz CT molecular complexity index is 981. The van der Waals surface area contributed by atoms with Gasteiger partial charge in [0.1, 0.15) is 5.57 Å². The van der Waals surface area contributed by atoms with Crippen molar-refractivity contribution in [1.29, 1.82) is 0 Å². The lowest BCUT2D eigenvalue weighted by Crippen LogP contribution is -2.35. The number of amides is 2. The Morgan fingerprint density at radius 3 is 2.34 bits per heavy atom. The summed E-state index contributed by atoms with van der Waals surface area (Å²) in [5, 5.41) is 1.13. The molecular formula is C21H20N2O6. The van der Waals surface area contributed by atoms with Crippen LogP contribution in [0.15, 0.2) is 48.0 Å². The van der Waals surface area contributed by atoms with Crippen LogP contribution >= 0.6 is 0 Å². The van der Waals surface area contributed by atoms with Gasteiger partial charge in [0.05, 0.1) is 32.1 Å². The van der Waals surface area contributed by atoms with Crippen LogP contribution < -0.4 is 19.9 Å². The molecule has 150 valence electrons. The summed E-state index contributed by atoms with van der Waals surface area (Å²) in [5.41, 5.74) is 3.89. The van der Waals surface area contributed by atoms with Crippen LogP contribution in [0.5, 0.6) is 11.5 Å². The lowest BCUT2D eigenvalue weighted by molar-refractivity contribution is -0.117. The van der Waals surface area contributed by atoms with Crippen LogP contribution in [0.25, 0.3) is 6.08 Å². The van der Waals surface area contributed by atoms with E-state index in [0.29, 0.717) is 28.3 Å². The van der Waals surface area contributed by atoms with Gasteiger partial charge in [-0.05, 0) is 55.0 Å². The van der Waals surface area contributed by atoms with E-state index in [2.05, 4.69) is 5.43 Å². The molecule has 1 N–H and O–H groups in total. The molecule has 1 fully saturated rings. The topological polar surface area (TPSA) is 94.2 Å². The van der Waals surface area contributed by atoms with Gasteiger partial charge in [-0.2, -0.15) is 0 Å². The quantitative estimate of drug-likeness (QED) is 0.458. The van der Waals surface area contributed by atoms with Crippen molar-refractivity contribution in [2.45, 2.75) is 6.92 Å². The average Bonchev–Trinajstić information content (AvgIpc) is 3.02. The monoisotopic (exact) mass is 396 g/mol. The number of anilines is 1. The number of nitrogens with one attached hydrogen (secondary N) is 1. The third-order valence-corrected chi connectivity index (χ3v) is 4.25. The van der Waals surface area contributed by atoms with Crippen LogP contribution in [-0.4, -0.2) is 38.6 Å². The number of carbonyl (C=O) groups is 3. The zero-order chi connectivity index (χ0) is 21.0. The Labute approximate surface area is 167 Å². The van der Waals surface area contributed by atoms with Gasteiger partial charge >= 0.3 is 5.97 Å². The molecule has 0 radical (unpaired) electrons. The fourth-order valence-corrected chi connectivity index (χ4v) is 2.81. The number of esters is 1. The molecule has 0 saturated carbocycles. The number of hydrogen-bond donors (Lipinski definition) is 1. The van der Waals surface area contributed by atoms with Crippen LogP contribution in [0.3, 0.4) is 0 Å². The molecule has 8 heteroatoms. The summed E-state index contributed by atoms with van der Waals surface area (Å²) in [5.74, 6) is -0.461. The highest BCUT2D eigenvalue weighted by Crippen LogP contribution is 2.29. The largest absolute Gasteiger partial charge is 0.493 e. The molecule has 29 heavy (non-hydrogen) atoms. The molecule has 0 unspecified atom stereocenters. The highest BCUT2D eigenvalue weighted by Gasteiger charge is 2.34. The van der Waals surface area contributed by atoms with Crippen LogP contribution in [0, 0.1) is 0 Å². The maximum absolute atomic E-state index is 12.7. The Morgan fingerprint density at radius 2 is 1.72 bits per heavy atom. The summed E-state index contributed by atoms with van der Waals surface area (Å²) in [6.07, 6.45) is 1.48. The third-order valence-electron chi connectivity index (χ3n) is 4.25. The lowest BCUT2D eigenvalue weighted by Gasteiger charge is -2.14. The van der Waals surface area contributed by atoms with Crippen molar-refractivity contribution in [2.24, 2.45) is 0 Å². The van der Waals surface area contributed by atoms with Crippen molar-refractivity contribution in [3.05, 3.63) is 59.2 Å². The fraction of sp³-hybridized carbons (Fsp3) is 0.190. The Kier molecular flexibility index (Phi) is 5.82. The maximum atomic E-state index is 12.7. The Hall–Kier alpha value is -3.81. The molecule has 2 amide bonds. The Morgan fingerprint density at radius 1 is 1.03 bits per heavy atom. The van der Waals surface area contributed by atoms with Gasteiger partial charge < -0.3 is 14.2 Å². The van der Waals surface area contributed by atoms with Gasteiger partial charge in [0.2, 0.25) is 0 Å². The molecule has 0 aliphatic carbocycles. The van der Waals surface area contributed by atoms with E-state index in [1.807, 2.05) is 0 Å².